The Kier molecular flexibility index (Phi) is 7.95. The maximum atomic E-state index is 12.8. The Morgan fingerprint density at radius 1 is 1.12 bits per heavy atom. The lowest BCUT2D eigenvalue weighted by Gasteiger charge is -2.27. The molecule has 1 aromatic carbocycles. The van der Waals surface area contributed by atoms with Gasteiger partial charge in [-0.05, 0) is 55.2 Å². The molecule has 1 saturated heterocycles. The topological polar surface area (TPSA) is 38.8 Å². The van der Waals surface area contributed by atoms with Crippen LogP contribution in [0.25, 0.3) is 0 Å². The number of hydrogen-bond acceptors (Lipinski definition) is 3. The molecule has 0 spiro atoms. The Morgan fingerprint density at radius 2 is 1.73 bits per heavy atom. The minimum Gasteiger partial charge on any atom is -0.497 e. The molecule has 1 aliphatic heterocycles. The predicted molar refractivity (Wildman–Crippen MR) is 105 cm³/mol. The van der Waals surface area contributed by atoms with E-state index in [1.165, 1.54) is 5.56 Å². The van der Waals surface area contributed by atoms with Gasteiger partial charge in [0, 0.05) is 6.54 Å². The van der Waals surface area contributed by atoms with E-state index in [1.807, 2.05) is 17.0 Å². The van der Waals surface area contributed by atoms with Crippen LogP contribution in [0.1, 0.15) is 65.0 Å². The van der Waals surface area contributed by atoms with Crippen molar-refractivity contribution >= 4 is 5.91 Å². The Hall–Kier alpha value is -1.55. The normalized spacial score (nSPS) is 17.5. The summed E-state index contributed by atoms with van der Waals surface area (Å²) < 4.78 is 11.3. The fourth-order valence-electron chi connectivity index (χ4n) is 3.79. The van der Waals surface area contributed by atoms with Crippen molar-refractivity contribution in [1.29, 1.82) is 0 Å². The van der Waals surface area contributed by atoms with Gasteiger partial charge in [0.2, 0.25) is 5.91 Å². The fraction of sp³-hybridized carbons (Fsp3) is 0.682. The van der Waals surface area contributed by atoms with Gasteiger partial charge in [-0.25, -0.2) is 0 Å². The Balaban J connectivity index is 1.95. The lowest BCUT2D eigenvalue weighted by molar-refractivity contribution is -0.139. The molecule has 0 radical (unpaired) electrons. The van der Waals surface area contributed by atoms with Crippen LogP contribution in [0.4, 0.5) is 0 Å². The molecule has 1 atom stereocenters. The van der Waals surface area contributed by atoms with Gasteiger partial charge in [0.25, 0.3) is 0 Å². The van der Waals surface area contributed by atoms with E-state index in [2.05, 4.69) is 39.8 Å². The number of rotatable bonds is 9. The van der Waals surface area contributed by atoms with Crippen molar-refractivity contribution in [2.24, 2.45) is 11.8 Å². The molecule has 0 unspecified atom stereocenters. The van der Waals surface area contributed by atoms with Gasteiger partial charge in [0.15, 0.2) is 0 Å². The predicted octanol–water partition coefficient (Wildman–Crippen LogP) is 4.84. The molecule has 4 heteroatoms. The van der Waals surface area contributed by atoms with Gasteiger partial charge in [0.05, 0.1) is 19.3 Å². The number of methoxy groups -OCH3 is 1. The van der Waals surface area contributed by atoms with E-state index in [1.54, 1.807) is 7.11 Å². The summed E-state index contributed by atoms with van der Waals surface area (Å²) in [6.07, 6.45) is 4.24. The molecule has 1 heterocycles. The van der Waals surface area contributed by atoms with Crippen LogP contribution in [-0.2, 0) is 9.53 Å². The molecule has 1 fully saturated rings. The summed E-state index contributed by atoms with van der Waals surface area (Å²) >= 11 is 0. The van der Waals surface area contributed by atoms with E-state index in [0.717, 1.165) is 38.0 Å². The quantitative estimate of drug-likeness (QED) is 0.632. The minimum absolute atomic E-state index is 0.112. The van der Waals surface area contributed by atoms with Crippen molar-refractivity contribution in [2.45, 2.75) is 65.5 Å². The van der Waals surface area contributed by atoms with Crippen LogP contribution in [0.3, 0.4) is 0 Å². The average Bonchev–Trinajstić information content (AvgIpc) is 3.08. The van der Waals surface area contributed by atoms with Crippen LogP contribution in [0, 0.1) is 11.8 Å². The Morgan fingerprint density at radius 3 is 2.27 bits per heavy atom. The number of carbonyl (C=O) groups excluding carboxylic acids is 1. The first kappa shape index (κ1) is 20.8. The maximum Gasteiger partial charge on any atom is 0.249 e. The highest BCUT2D eigenvalue weighted by molar-refractivity contribution is 5.78. The first-order valence-corrected chi connectivity index (χ1v) is 9.95. The van der Waals surface area contributed by atoms with Gasteiger partial charge >= 0.3 is 0 Å². The van der Waals surface area contributed by atoms with Gasteiger partial charge < -0.3 is 14.4 Å². The molecule has 2 rings (SSSR count). The molecular formula is C22H35NO3. The molecule has 146 valence electrons. The summed E-state index contributed by atoms with van der Waals surface area (Å²) in [5, 5.41) is 0. The SMILES string of the molecule is COc1ccc([C@H]2CCCN2C(=O)COC(CC(C)C)CC(C)C)cc1. The van der Waals surface area contributed by atoms with Crippen LogP contribution in [0.15, 0.2) is 24.3 Å². The number of amides is 1. The summed E-state index contributed by atoms with van der Waals surface area (Å²) in [6, 6.07) is 8.22. The summed E-state index contributed by atoms with van der Waals surface area (Å²) in [6.45, 7) is 9.84. The van der Waals surface area contributed by atoms with E-state index in [4.69, 9.17) is 9.47 Å². The van der Waals surface area contributed by atoms with Gasteiger partial charge in [-0.15, -0.1) is 0 Å². The minimum atomic E-state index is 0.112. The van der Waals surface area contributed by atoms with E-state index in [9.17, 15) is 4.79 Å². The van der Waals surface area contributed by atoms with Crippen LogP contribution < -0.4 is 4.74 Å². The zero-order chi connectivity index (χ0) is 19.1. The largest absolute Gasteiger partial charge is 0.497 e. The summed E-state index contributed by atoms with van der Waals surface area (Å²) in [4.78, 5) is 14.8. The highest BCUT2D eigenvalue weighted by Crippen LogP contribution is 2.33. The fourth-order valence-corrected chi connectivity index (χ4v) is 3.79. The monoisotopic (exact) mass is 361 g/mol. The van der Waals surface area contributed by atoms with Crippen molar-refractivity contribution < 1.29 is 14.3 Å². The summed E-state index contributed by atoms with van der Waals surface area (Å²) in [7, 11) is 1.67. The molecule has 0 aliphatic carbocycles. The number of benzene rings is 1. The number of hydrogen-bond donors (Lipinski definition) is 0. The molecule has 26 heavy (non-hydrogen) atoms. The maximum absolute atomic E-state index is 12.8. The molecular weight excluding hydrogens is 326 g/mol. The van der Waals surface area contributed by atoms with Crippen molar-refractivity contribution in [2.75, 3.05) is 20.3 Å². The third-order valence-electron chi connectivity index (χ3n) is 4.98. The molecule has 0 bridgehead atoms. The summed E-state index contributed by atoms with van der Waals surface area (Å²) in [5.41, 5.74) is 1.18. The Bertz CT molecular complexity index is 543. The number of carbonyl (C=O) groups is 1. The van der Waals surface area contributed by atoms with Gasteiger partial charge in [0.1, 0.15) is 12.4 Å². The second-order valence-corrected chi connectivity index (χ2v) is 8.21. The van der Waals surface area contributed by atoms with E-state index in [-0.39, 0.29) is 24.7 Å². The Labute approximate surface area is 158 Å². The van der Waals surface area contributed by atoms with E-state index < -0.39 is 0 Å². The molecule has 0 aromatic heterocycles. The smallest absolute Gasteiger partial charge is 0.249 e. The molecule has 1 aromatic rings. The average molecular weight is 362 g/mol. The second-order valence-electron chi connectivity index (χ2n) is 8.21. The molecule has 0 saturated carbocycles. The molecule has 1 aliphatic rings. The van der Waals surface area contributed by atoms with E-state index in [0.29, 0.717) is 11.8 Å². The molecule has 4 nitrogen and oxygen atoms in total. The first-order chi connectivity index (χ1) is 12.4. The second kappa shape index (κ2) is 9.96. The lowest BCUT2D eigenvalue weighted by Crippen LogP contribution is -2.35. The van der Waals surface area contributed by atoms with Gasteiger partial charge in [-0.3, -0.25) is 4.79 Å². The first-order valence-electron chi connectivity index (χ1n) is 9.95. The molecule has 1 amide bonds. The van der Waals surface area contributed by atoms with Crippen molar-refractivity contribution in [3.05, 3.63) is 29.8 Å². The number of likely N-dealkylation sites (tertiary alicyclic amines) is 1. The third kappa shape index (κ3) is 6.01. The van der Waals surface area contributed by atoms with Crippen LogP contribution in [0.2, 0.25) is 0 Å². The standard InChI is InChI=1S/C22H35NO3/c1-16(2)13-20(14-17(3)4)26-15-22(24)23-12-6-7-21(23)18-8-10-19(25-5)11-9-18/h8-11,16-17,20-21H,6-7,12-15H2,1-5H3/t21-/m1/s1. The van der Waals surface area contributed by atoms with Gasteiger partial charge in [-0.1, -0.05) is 39.8 Å². The van der Waals surface area contributed by atoms with Crippen molar-refractivity contribution in [1.82, 2.24) is 4.90 Å². The zero-order valence-corrected chi connectivity index (χ0v) is 17.0. The van der Waals surface area contributed by atoms with Crippen molar-refractivity contribution in [3.63, 3.8) is 0 Å². The summed E-state index contributed by atoms with van der Waals surface area (Å²) in [5.74, 6) is 2.11. The highest BCUT2D eigenvalue weighted by atomic mass is 16.5. The van der Waals surface area contributed by atoms with Crippen LogP contribution in [0.5, 0.6) is 5.75 Å². The van der Waals surface area contributed by atoms with Crippen LogP contribution >= 0.6 is 0 Å². The number of ether oxygens (including phenoxy) is 2. The number of nitrogens with zero attached hydrogens (tertiary/aromatic N) is 1. The molecule has 0 N–H and O–H groups in total. The third-order valence-corrected chi connectivity index (χ3v) is 4.98. The lowest BCUT2D eigenvalue weighted by atomic mass is 9.98. The van der Waals surface area contributed by atoms with Crippen molar-refractivity contribution in [3.8, 4) is 5.75 Å². The van der Waals surface area contributed by atoms with Crippen LogP contribution in [-0.4, -0.2) is 37.2 Å². The zero-order valence-electron chi connectivity index (χ0n) is 17.0. The van der Waals surface area contributed by atoms with E-state index >= 15 is 0 Å². The van der Waals surface area contributed by atoms with Gasteiger partial charge in [-0.2, -0.15) is 0 Å². The highest BCUT2D eigenvalue weighted by Gasteiger charge is 2.30.